The Morgan fingerprint density at radius 2 is 1.69 bits per heavy atom. The van der Waals surface area contributed by atoms with Crippen LogP contribution in [0.2, 0.25) is 0 Å². The van der Waals surface area contributed by atoms with Gasteiger partial charge in [-0.05, 0) is 55.0 Å². The second-order valence-electron chi connectivity index (χ2n) is 9.09. The molecule has 3 aromatic carbocycles. The number of fused-ring (bicyclic) bond motifs is 1. The van der Waals surface area contributed by atoms with Gasteiger partial charge in [-0.3, -0.25) is 4.79 Å². The van der Waals surface area contributed by atoms with Gasteiger partial charge in [0.05, 0.1) is 56.1 Å². The van der Waals surface area contributed by atoms with E-state index >= 15 is 0 Å². The summed E-state index contributed by atoms with van der Waals surface area (Å²) in [4.78, 5) is 22.0. The Hall–Kier alpha value is -3.96. The van der Waals surface area contributed by atoms with Gasteiger partial charge in [0.1, 0.15) is 5.75 Å². The second-order valence-corrected chi connectivity index (χ2v) is 9.09. The monoisotopic (exact) mass is 478 g/mol. The van der Waals surface area contributed by atoms with Crippen LogP contribution >= 0.6 is 0 Å². The quantitative estimate of drug-likeness (QED) is 0.430. The Labute approximate surface area is 212 Å². The van der Waals surface area contributed by atoms with Gasteiger partial charge >= 0.3 is 0 Å². The van der Waals surface area contributed by atoms with E-state index in [1.54, 1.807) is 0 Å². The van der Waals surface area contributed by atoms with Gasteiger partial charge in [0.15, 0.2) is 0 Å². The van der Waals surface area contributed by atoms with E-state index in [4.69, 9.17) is 9.72 Å². The number of aromatic nitrogens is 1. The van der Waals surface area contributed by atoms with Crippen molar-refractivity contribution in [3.63, 3.8) is 0 Å². The molecule has 1 amide bonds. The molecule has 0 radical (unpaired) electrons. The summed E-state index contributed by atoms with van der Waals surface area (Å²) in [7, 11) is 0. The largest absolute Gasteiger partial charge is 0.494 e. The van der Waals surface area contributed by atoms with Crippen LogP contribution in [0.5, 0.6) is 5.75 Å². The van der Waals surface area contributed by atoms with E-state index < -0.39 is 0 Å². The molecule has 1 saturated heterocycles. The normalized spacial score (nSPS) is 14.4. The zero-order chi connectivity index (χ0) is 24.7. The highest BCUT2D eigenvalue weighted by molar-refractivity contribution is 6.07. The van der Waals surface area contributed by atoms with Gasteiger partial charge in [0, 0.05) is 10.9 Å². The fraction of sp³-hybridized carbons (Fsp3) is 0.226. The van der Waals surface area contributed by atoms with Crippen LogP contribution in [-0.4, -0.2) is 55.1 Å². The van der Waals surface area contributed by atoms with Crippen LogP contribution in [0.1, 0.15) is 22.8 Å². The lowest BCUT2D eigenvalue weighted by Gasteiger charge is -2.32. The molecule has 0 saturated carbocycles. The molecule has 1 aromatic heterocycles. The number of pyridine rings is 1. The van der Waals surface area contributed by atoms with Crippen LogP contribution in [-0.2, 0) is 0 Å². The summed E-state index contributed by atoms with van der Waals surface area (Å²) in [6.07, 6.45) is 4.41. The Morgan fingerprint density at radius 1 is 0.972 bits per heavy atom. The molecule has 0 spiro atoms. The Kier molecular flexibility index (Phi) is 7.39. The molecule has 1 fully saturated rings. The van der Waals surface area contributed by atoms with E-state index in [9.17, 15) is 4.79 Å². The number of carbonyl (C=O) groups excluding carboxylic acids is 1. The lowest BCUT2D eigenvalue weighted by Crippen LogP contribution is -3.14. The fourth-order valence-electron chi connectivity index (χ4n) is 4.72. The maximum atomic E-state index is 13.7. The average Bonchev–Trinajstić information content (AvgIpc) is 2.94. The molecule has 5 heteroatoms. The van der Waals surface area contributed by atoms with E-state index in [0.717, 1.165) is 66.2 Å². The zero-order valence-electron chi connectivity index (χ0n) is 20.7. The third kappa shape index (κ3) is 5.47. The Morgan fingerprint density at radius 3 is 2.44 bits per heavy atom. The van der Waals surface area contributed by atoms with Crippen LogP contribution < -0.4 is 9.64 Å². The Bertz CT molecular complexity index is 1340. The van der Waals surface area contributed by atoms with Crippen molar-refractivity contribution in [2.45, 2.75) is 6.92 Å². The van der Waals surface area contributed by atoms with Crippen molar-refractivity contribution in [3.05, 3.63) is 102 Å². The number of nitrogens with zero attached hydrogens (tertiary/aromatic N) is 2. The second kappa shape index (κ2) is 11.2. The van der Waals surface area contributed by atoms with Crippen LogP contribution in [0, 0.1) is 0 Å². The molecule has 2 heterocycles. The van der Waals surface area contributed by atoms with Crippen molar-refractivity contribution < 1.29 is 14.4 Å². The van der Waals surface area contributed by atoms with Gasteiger partial charge in [-0.2, -0.15) is 0 Å². The first-order chi connectivity index (χ1) is 17.7. The number of nitrogens with one attached hydrogen (secondary N) is 1. The summed E-state index contributed by atoms with van der Waals surface area (Å²) in [6, 6.07) is 28.1. The van der Waals surface area contributed by atoms with Crippen LogP contribution in [0.3, 0.4) is 0 Å². The lowest BCUT2D eigenvalue weighted by molar-refractivity contribution is -0.898. The highest BCUT2D eigenvalue weighted by Gasteiger charge is 2.25. The van der Waals surface area contributed by atoms with Crippen molar-refractivity contribution in [3.8, 4) is 17.0 Å². The van der Waals surface area contributed by atoms with Gasteiger partial charge in [0.25, 0.3) is 5.91 Å². The summed E-state index contributed by atoms with van der Waals surface area (Å²) < 4.78 is 5.58. The lowest BCUT2D eigenvalue weighted by atomic mass is 10.0. The van der Waals surface area contributed by atoms with Crippen LogP contribution in [0.4, 0.5) is 0 Å². The van der Waals surface area contributed by atoms with E-state index in [0.29, 0.717) is 6.61 Å². The van der Waals surface area contributed by atoms with Crippen molar-refractivity contribution in [2.75, 3.05) is 39.3 Å². The number of rotatable bonds is 7. The molecule has 5 nitrogen and oxygen atoms in total. The molecule has 182 valence electrons. The maximum absolute atomic E-state index is 13.7. The summed E-state index contributed by atoms with van der Waals surface area (Å²) in [5.41, 5.74) is 4.55. The molecule has 0 aliphatic carbocycles. The number of amides is 1. The topological polar surface area (TPSA) is 46.9 Å². The number of quaternary nitrogens is 1. The summed E-state index contributed by atoms with van der Waals surface area (Å²) in [5, 5.41) is 0.901. The molecule has 0 atom stereocenters. The molecule has 1 aliphatic heterocycles. The molecular formula is C31H32N3O2+. The van der Waals surface area contributed by atoms with E-state index in [1.165, 1.54) is 10.5 Å². The number of benzene rings is 3. The first-order valence-electron chi connectivity index (χ1n) is 12.7. The highest BCUT2D eigenvalue weighted by atomic mass is 16.5. The van der Waals surface area contributed by atoms with Crippen molar-refractivity contribution in [2.24, 2.45) is 0 Å². The number of carbonyl (C=O) groups is 1. The van der Waals surface area contributed by atoms with E-state index in [1.807, 2.05) is 72.5 Å². The predicted molar refractivity (Wildman–Crippen MR) is 145 cm³/mol. The molecule has 4 aromatic rings. The number of ether oxygens (including phenoxy) is 1. The fourth-order valence-corrected chi connectivity index (χ4v) is 4.72. The first kappa shape index (κ1) is 23.8. The standard InChI is InChI=1S/C31H31N3O2/c1-2-36-26-16-14-25(15-17-26)30-23-28(27-12-6-7-13-29(27)32-30)31(35)34-21-19-33(20-22-34)18-8-11-24-9-4-3-5-10-24/h3-17,23H,2,18-22H2,1H3/p+1/b11-8+. The van der Waals surface area contributed by atoms with Gasteiger partial charge in [-0.15, -0.1) is 0 Å². The molecule has 36 heavy (non-hydrogen) atoms. The molecule has 0 bridgehead atoms. The minimum absolute atomic E-state index is 0.0830. The minimum atomic E-state index is 0.0830. The van der Waals surface area contributed by atoms with Gasteiger partial charge in [-0.1, -0.05) is 54.6 Å². The predicted octanol–water partition coefficient (Wildman–Crippen LogP) is 4.35. The number of para-hydroxylation sites is 1. The van der Waals surface area contributed by atoms with E-state index in [-0.39, 0.29) is 5.91 Å². The van der Waals surface area contributed by atoms with Crippen molar-refractivity contribution in [1.29, 1.82) is 0 Å². The first-order valence-corrected chi connectivity index (χ1v) is 12.7. The summed E-state index contributed by atoms with van der Waals surface area (Å²) >= 11 is 0. The molecule has 5 rings (SSSR count). The summed E-state index contributed by atoms with van der Waals surface area (Å²) in [6.45, 7) is 6.96. The number of hydrogen-bond donors (Lipinski definition) is 1. The molecule has 1 N–H and O–H groups in total. The van der Waals surface area contributed by atoms with E-state index in [2.05, 4.69) is 36.4 Å². The summed E-state index contributed by atoms with van der Waals surface area (Å²) in [5.74, 6) is 0.914. The number of hydrogen-bond acceptors (Lipinski definition) is 3. The maximum Gasteiger partial charge on any atom is 0.255 e. The minimum Gasteiger partial charge on any atom is -0.494 e. The van der Waals surface area contributed by atoms with Gasteiger partial charge in [-0.25, -0.2) is 4.98 Å². The highest BCUT2D eigenvalue weighted by Crippen LogP contribution is 2.27. The smallest absolute Gasteiger partial charge is 0.255 e. The molecule has 1 aliphatic rings. The molecular weight excluding hydrogens is 446 g/mol. The van der Waals surface area contributed by atoms with Gasteiger partial charge < -0.3 is 14.5 Å². The van der Waals surface area contributed by atoms with Crippen molar-refractivity contribution >= 4 is 22.9 Å². The number of piperazine rings is 1. The zero-order valence-corrected chi connectivity index (χ0v) is 20.7. The SMILES string of the molecule is CCOc1ccc(-c2cc(C(=O)N3CC[NH+](C/C=C/c4ccccc4)CC3)c3ccccc3n2)cc1. The van der Waals surface area contributed by atoms with Gasteiger partial charge in [0.2, 0.25) is 0 Å². The van der Waals surface area contributed by atoms with Crippen LogP contribution in [0.15, 0.2) is 91.0 Å². The van der Waals surface area contributed by atoms with Crippen molar-refractivity contribution in [1.82, 2.24) is 9.88 Å². The Balaban J connectivity index is 1.31. The molecule has 0 unspecified atom stereocenters. The average molecular weight is 479 g/mol. The van der Waals surface area contributed by atoms with Crippen LogP contribution in [0.25, 0.3) is 28.2 Å². The third-order valence-electron chi connectivity index (χ3n) is 6.68. The third-order valence-corrected chi connectivity index (χ3v) is 6.68.